The van der Waals surface area contributed by atoms with E-state index in [0.717, 1.165) is 30.4 Å². The summed E-state index contributed by atoms with van der Waals surface area (Å²) in [5.41, 5.74) is 2.17. The third-order valence-corrected chi connectivity index (χ3v) is 2.98. The minimum atomic E-state index is 0.758. The molecule has 0 saturated heterocycles. The van der Waals surface area contributed by atoms with Crippen molar-refractivity contribution in [1.82, 2.24) is 14.9 Å². The maximum atomic E-state index is 5.23. The number of hydrogen-bond donors (Lipinski definition) is 1. The SMILES string of the molecule is CNc1cnc(CN(C)Cc2cccc(OC)c2)cn1. The summed E-state index contributed by atoms with van der Waals surface area (Å²) in [4.78, 5) is 10.8. The molecule has 2 rings (SSSR count). The van der Waals surface area contributed by atoms with Crippen LogP contribution in [0, 0.1) is 0 Å². The monoisotopic (exact) mass is 272 g/mol. The van der Waals surface area contributed by atoms with Crippen LogP contribution in [0.5, 0.6) is 5.75 Å². The van der Waals surface area contributed by atoms with Crippen LogP contribution in [-0.4, -0.2) is 36.1 Å². The third kappa shape index (κ3) is 3.93. The number of methoxy groups -OCH3 is 1. The second kappa shape index (κ2) is 6.86. The topological polar surface area (TPSA) is 50.3 Å². The molecule has 0 radical (unpaired) electrons. The molecule has 106 valence electrons. The fraction of sp³-hybridized carbons (Fsp3) is 0.333. The Morgan fingerprint density at radius 3 is 2.70 bits per heavy atom. The lowest BCUT2D eigenvalue weighted by Crippen LogP contribution is -2.18. The van der Waals surface area contributed by atoms with Gasteiger partial charge in [-0.3, -0.25) is 9.88 Å². The van der Waals surface area contributed by atoms with Gasteiger partial charge in [0, 0.05) is 20.1 Å². The molecule has 5 heteroatoms. The Morgan fingerprint density at radius 1 is 1.20 bits per heavy atom. The van der Waals surface area contributed by atoms with E-state index in [9.17, 15) is 0 Å². The molecule has 0 aliphatic carbocycles. The molecule has 0 saturated carbocycles. The summed E-state index contributed by atoms with van der Waals surface area (Å²) in [5.74, 6) is 1.67. The van der Waals surface area contributed by atoms with Gasteiger partial charge in [-0.2, -0.15) is 0 Å². The molecule has 20 heavy (non-hydrogen) atoms. The molecule has 0 unspecified atom stereocenters. The van der Waals surface area contributed by atoms with Crippen LogP contribution in [0.4, 0.5) is 5.82 Å². The van der Waals surface area contributed by atoms with Crippen LogP contribution >= 0.6 is 0 Å². The summed E-state index contributed by atoms with van der Waals surface area (Å²) in [6, 6.07) is 8.09. The molecule has 1 N–H and O–H groups in total. The Labute approximate surface area is 119 Å². The van der Waals surface area contributed by atoms with Crippen molar-refractivity contribution >= 4 is 5.82 Å². The molecule has 0 fully saturated rings. The van der Waals surface area contributed by atoms with Gasteiger partial charge in [0.05, 0.1) is 25.2 Å². The molecule has 1 aromatic carbocycles. The minimum Gasteiger partial charge on any atom is -0.497 e. The smallest absolute Gasteiger partial charge is 0.144 e. The highest BCUT2D eigenvalue weighted by molar-refractivity contribution is 5.30. The third-order valence-electron chi connectivity index (χ3n) is 2.98. The van der Waals surface area contributed by atoms with E-state index in [-0.39, 0.29) is 0 Å². The zero-order valence-corrected chi connectivity index (χ0v) is 12.1. The number of ether oxygens (including phenoxy) is 1. The zero-order chi connectivity index (χ0) is 14.4. The maximum Gasteiger partial charge on any atom is 0.144 e. The number of nitrogens with one attached hydrogen (secondary N) is 1. The minimum absolute atomic E-state index is 0.758. The van der Waals surface area contributed by atoms with Crippen LogP contribution in [-0.2, 0) is 13.1 Å². The largest absolute Gasteiger partial charge is 0.497 e. The van der Waals surface area contributed by atoms with Gasteiger partial charge in [-0.1, -0.05) is 12.1 Å². The number of benzene rings is 1. The van der Waals surface area contributed by atoms with E-state index in [4.69, 9.17) is 4.74 Å². The fourth-order valence-electron chi connectivity index (χ4n) is 1.98. The van der Waals surface area contributed by atoms with E-state index < -0.39 is 0 Å². The Kier molecular flexibility index (Phi) is 4.90. The molecule has 0 bridgehead atoms. The van der Waals surface area contributed by atoms with Crippen molar-refractivity contribution in [2.75, 3.05) is 26.5 Å². The molecule has 0 spiro atoms. The molecule has 5 nitrogen and oxygen atoms in total. The molecular weight excluding hydrogens is 252 g/mol. The lowest BCUT2D eigenvalue weighted by Gasteiger charge is -2.16. The molecular formula is C15H20N4O. The second-order valence-electron chi connectivity index (χ2n) is 4.67. The molecule has 0 amide bonds. The summed E-state index contributed by atoms with van der Waals surface area (Å²) >= 11 is 0. The maximum absolute atomic E-state index is 5.23. The Balaban J connectivity index is 1.95. The molecule has 0 aliphatic heterocycles. The van der Waals surface area contributed by atoms with Gasteiger partial charge in [0.25, 0.3) is 0 Å². The van der Waals surface area contributed by atoms with Gasteiger partial charge in [0.1, 0.15) is 11.6 Å². The number of nitrogens with zero attached hydrogens (tertiary/aromatic N) is 3. The number of rotatable bonds is 6. The van der Waals surface area contributed by atoms with Crippen molar-refractivity contribution in [3.63, 3.8) is 0 Å². The Bertz CT molecular complexity index is 542. The quantitative estimate of drug-likeness (QED) is 0.873. The molecule has 0 atom stereocenters. The summed E-state index contributed by atoms with van der Waals surface area (Å²) in [5, 5.41) is 2.96. The highest BCUT2D eigenvalue weighted by atomic mass is 16.5. The summed E-state index contributed by atoms with van der Waals surface area (Å²) < 4.78 is 5.23. The van der Waals surface area contributed by atoms with Crippen molar-refractivity contribution in [1.29, 1.82) is 0 Å². The number of hydrogen-bond acceptors (Lipinski definition) is 5. The summed E-state index contributed by atoms with van der Waals surface area (Å²) in [6.45, 7) is 1.60. The van der Waals surface area contributed by atoms with Crippen molar-refractivity contribution in [3.8, 4) is 5.75 Å². The average molecular weight is 272 g/mol. The van der Waals surface area contributed by atoms with Gasteiger partial charge in [-0.05, 0) is 24.7 Å². The van der Waals surface area contributed by atoms with E-state index in [0.29, 0.717) is 0 Å². The lowest BCUT2D eigenvalue weighted by molar-refractivity contribution is 0.314. The van der Waals surface area contributed by atoms with Gasteiger partial charge < -0.3 is 10.1 Å². The van der Waals surface area contributed by atoms with Crippen LogP contribution in [0.15, 0.2) is 36.7 Å². The van der Waals surface area contributed by atoms with Gasteiger partial charge in [0.2, 0.25) is 0 Å². The second-order valence-corrected chi connectivity index (χ2v) is 4.67. The molecule has 0 aliphatic rings. The Hall–Kier alpha value is -2.14. The van der Waals surface area contributed by atoms with Gasteiger partial charge in [-0.25, -0.2) is 4.98 Å². The first kappa shape index (κ1) is 14.3. The van der Waals surface area contributed by atoms with Crippen molar-refractivity contribution < 1.29 is 4.74 Å². The average Bonchev–Trinajstić information content (AvgIpc) is 2.48. The van der Waals surface area contributed by atoms with Gasteiger partial charge in [0.15, 0.2) is 0 Å². The van der Waals surface area contributed by atoms with Crippen LogP contribution in [0.25, 0.3) is 0 Å². The predicted octanol–water partition coefficient (Wildman–Crippen LogP) is 2.16. The van der Waals surface area contributed by atoms with E-state index in [1.165, 1.54) is 5.56 Å². The normalized spacial score (nSPS) is 10.6. The van der Waals surface area contributed by atoms with E-state index in [1.54, 1.807) is 19.5 Å². The van der Waals surface area contributed by atoms with Crippen LogP contribution in [0.2, 0.25) is 0 Å². The lowest BCUT2D eigenvalue weighted by atomic mass is 10.2. The fourth-order valence-corrected chi connectivity index (χ4v) is 1.98. The van der Waals surface area contributed by atoms with Crippen molar-refractivity contribution in [2.24, 2.45) is 0 Å². The van der Waals surface area contributed by atoms with E-state index in [1.807, 2.05) is 25.2 Å². The zero-order valence-electron chi connectivity index (χ0n) is 12.1. The molecule has 1 heterocycles. The summed E-state index contributed by atoms with van der Waals surface area (Å²) in [6.07, 6.45) is 3.54. The van der Waals surface area contributed by atoms with Gasteiger partial charge >= 0.3 is 0 Å². The van der Waals surface area contributed by atoms with Crippen molar-refractivity contribution in [3.05, 3.63) is 47.9 Å². The predicted molar refractivity (Wildman–Crippen MR) is 79.7 cm³/mol. The van der Waals surface area contributed by atoms with Crippen LogP contribution in [0.1, 0.15) is 11.3 Å². The van der Waals surface area contributed by atoms with E-state index >= 15 is 0 Å². The first-order valence-electron chi connectivity index (χ1n) is 6.51. The first-order valence-corrected chi connectivity index (χ1v) is 6.51. The highest BCUT2D eigenvalue weighted by Gasteiger charge is 2.04. The van der Waals surface area contributed by atoms with Crippen LogP contribution in [0.3, 0.4) is 0 Å². The molecule has 2 aromatic rings. The number of aromatic nitrogens is 2. The van der Waals surface area contributed by atoms with Gasteiger partial charge in [-0.15, -0.1) is 0 Å². The highest BCUT2D eigenvalue weighted by Crippen LogP contribution is 2.14. The van der Waals surface area contributed by atoms with Crippen LogP contribution < -0.4 is 10.1 Å². The first-order chi connectivity index (χ1) is 9.71. The molecule has 1 aromatic heterocycles. The van der Waals surface area contributed by atoms with Crippen molar-refractivity contribution in [2.45, 2.75) is 13.1 Å². The Morgan fingerprint density at radius 2 is 2.05 bits per heavy atom. The summed E-state index contributed by atoms with van der Waals surface area (Å²) in [7, 11) is 5.58. The number of anilines is 1. The van der Waals surface area contributed by atoms with E-state index in [2.05, 4.69) is 33.3 Å². The standard InChI is InChI=1S/C15H20N4O/c1-16-15-9-17-13(8-18-15)11-19(2)10-12-5-4-6-14(7-12)20-3/h4-9H,10-11H2,1-3H3,(H,16,18).